The number of hydrogen-bond donors (Lipinski definition) is 2. The first-order valence-electron chi connectivity index (χ1n) is 6.99. The fourth-order valence-corrected chi connectivity index (χ4v) is 3.06. The summed E-state index contributed by atoms with van der Waals surface area (Å²) in [7, 11) is 1.93. The van der Waals surface area contributed by atoms with E-state index in [-0.39, 0.29) is 24.0 Å². The summed E-state index contributed by atoms with van der Waals surface area (Å²) < 4.78 is 13.9. The predicted molar refractivity (Wildman–Crippen MR) is 74.2 cm³/mol. The maximum absolute atomic E-state index is 13.9. The average Bonchev–Trinajstić information content (AvgIpc) is 2.42. The number of aliphatic hydroxyl groups is 1. The van der Waals surface area contributed by atoms with Crippen LogP contribution in [0.2, 0.25) is 0 Å². The zero-order chi connectivity index (χ0) is 13.8. The highest BCUT2D eigenvalue weighted by atomic mass is 19.1. The van der Waals surface area contributed by atoms with Crippen LogP contribution >= 0.6 is 0 Å². The molecule has 0 bridgehead atoms. The quantitative estimate of drug-likeness (QED) is 0.877. The van der Waals surface area contributed by atoms with Gasteiger partial charge in [0.05, 0.1) is 6.10 Å². The third-order valence-corrected chi connectivity index (χ3v) is 4.20. The van der Waals surface area contributed by atoms with Gasteiger partial charge in [0, 0.05) is 24.2 Å². The molecule has 106 valence electrons. The van der Waals surface area contributed by atoms with Crippen molar-refractivity contribution in [3.8, 4) is 0 Å². The Balaban J connectivity index is 2.19. The van der Waals surface area contributed by atoms with Gasteiger partial charge in [-0.1, -0.05) is 31.0 Å². The zero-order valence-electron chi connectivity index (χ0n) is 11.4. The van der Waals surface area contributed by atoms with Crippen molar-refractivity contribution in [3.05, 3.63) is 35.6 Å². The third kappa shape index (κ3) is 3.14. The summed E-state index contributed by atoms with van der Waals surface area (Å²) in [6.07, 6.45) is 3.62. The van der Waals surface area contributed by atoms with Crippen molar-refractivity contribution >= 4 is 0 Å². The molecule has 0 heterocycles. The number of hydrogen-bond acceptors (Lipinski definition) is 3. The number of aliphatic hydroxyl groups excluding tert-OH is 1. The molecule has 0 amide bonds. The molecule has 1 saturated carbocycles. The Hall–Kier alpha value is -0.970. The van der Waals surface area contributed by atoms with Gasteiger partial charge in [-0.25, -0.2) is 4.39 Å². The molecule has 1 aromatic rings. The average molecular weight is 266 g/mol. The summed E-state index contributed by atoms with van der Waals surface area (Å²) in [6.45, 7) is 0.348. The molecule has 0 aromatic heterocycles. The normalized spacial score (nSPS) is 25.5. The van der Waals surface area contributed by atoms with Crippen LogP contribution in [-0.4, -0.2) is 35.7 Å². The van der Waals surface area contributed by atoms with Crippen molar-refractivity contribution in [2.75, 3.05) is 13.6 Å². The minimum Gasteiger partial charge on any atom is -0.391 e. The van der Waals surface area contributed by atoms with Crippen LogP contribution in [0.15, 0.2) is 24.3 Å². The summed E-state index contributed by atoms with van der Waals surface area (Å²) in [5.41, 5.74) is 6.45. The number of benzene rings is 1. The van der Waals surface area contributed by atoms with Crippen molar-refractivity contribution in [3.63, 3.8) is 0 Å². The Morgan fingerprint density at radius 2 is 2.05 bits per heavy atom. The van der Waals surface area contributed by atoms with E-state index >= 15 is 0 Å². The van der Waals surface area contributed by atoms with Gasteiger partial charge in [-0.05, 0) is 26.0 Å². The summed E-state index contributed by atoms with van der Waals surface area (Å²) in [5, 5.41) is 10.1. The smallest absolute Gasteiger partial charge is 0.128 e. The largest absolute Gasteiger partial charge is 0.391 e. The first kappa shape index (κ1) is 14.4. The second kappa shape index (κ2) is 6.46. The number of rotatable bonds is 4. The number of halogens is 1. The molecular weight excluding hydrogens is 243 g/mol. The second-order valence-electron chi connectivity index (χ2n) is 5.36. The maximum Gasteiger partial charge on any atom is 0.128 e. The second-order valence-corrected chi connectivity index (χ2v) is 5.36. The van der Waals surface area contributed by atoms with Gasteiger partial charge < -0.3 is 10.8 Å². The Labute approximate surface area is 114 Å². The maximum atomic E-state index is 13.9. The predicted octanol–water partition coefficient (Wildman–Crippen LogP) is 2.06. The fraction of sp³-hybridized carbons (Fsp3) is 0.600. The van der Waals surface area contributed by atoms with Gasteiger partial charge in [0.1, 0.15) is 5.82 Å². The first-order chi connectivity index (χ1) is 9.15. The lowest BCUT2D eigenvalue weighted by atomic mass is 9.90. The zero-order valence-corrected chi connectivity index (χ0v) is 11.4. The van der Waals surface area contributed by atoms with Gasteiger partial charge in [-0.15, -0.1) is 0 Å². The monoisotopic (exact) mass is 266 g/mol. The molecule has 3 nitrogen and oxygen atoms in total. The molecule has 2 rings (SSSR count). The number of nitrogens with two attached hydrogens (primary N) is 1. The van der Waals surface area contributed by atoms with Crippen molar-refractivity contribution < 1.29 is 9.50 Å². The molecule has 0 aliphatic heterocycles. The topological polar surface area (TPSA) is 49.5 Å². The highest BCUT2D eigenvalue weighted by Gasteiger charge is 2.31. The Kier molecular flexibility index (Phi) is 4.91. The fourth-order valence-electron chi connectivity index (χ4n) is 3.06. The molecule has 3 atom stereocenters. The molecule has 1 aliphatic rings. The van der Waals surface area contributed by atoms with Crippen LogP contribution in [0.3, 0.4) is 0 Å². The van der Waals surface area contributed by atoms with Crippen LogP contribution in [0.1, 0.15) is 37.3 Å². The van der Waals surface area contributed by atoms with Gasteiger partial charge in [0.15, 0.2) is 0 Å². The summed E-state index contributed by atoms with van der Waals surface area (Å²) in [5.74, 6) is -0.227. The van der Waals surface area contributed by atoms with E-state index in [0.717, 1.165) is 25.7 Å². The van der Waals surface area contributed by atoms with Gasteiger partial charge in [0.2, 0.25) is 0 Å². The van der Waals surface area contributed by atoms with E-state index in [1.807, 2.05) is 18.0 Å². The van der Waals surface area contributed by atoms with Crippen molar-refractivity contribution in [2.24, 2.45) is 5.73 Å². The van der Waals surface area contributed by atoms with Gasteiger partial charge >= 0.3 is 0 Å². The van der Waals surface area contributed by atoms with E-state index in [4.69, 9.17) is 5.73 Å². The van der Waals surface area contributed by atoms with Crippen LogP contribution in [0.5, 0.6) is 0 Å². The van der Waals surface area contributed by atoms with Gasteiger partial charge in [-0.3, -0.25) is 4.90 Å². The highest BCUT2D eigenvalue weighted by Crippen LogP contribution is 2.29. The van der Waals surface area contributed by atoms with Gasteiger partial charge in [0.25, 0.3) is 0 Å². The summed E-state index contributed by atoms with van der Waals surface area (Å²) in [4.78, 5) is 2.04. The Morgan fingerprint density at radius 3 is 2.68 bits per heavy atom. The number of nitrogens with zero attached hydrogens (tertiary/aromatic N) is 1. The van der Waals surface area contributed by atoms with Crippen molar-refractivity contribution in [2.45, 2.75) is 43.9 Å². The molecule has 1 fully saturated rings. The van der Waals surface area contributed by atoms with Crippen LogP contribution in [0.4, 0.5) is 4.39 Å². The van der Waals surface area contributed by atoms with Gasteiger partial charge in [-0.2, -0.15) is 0 Å². The van der Waals surface area contributed by atoms with Crippen molar-refractivity contribution in [1.29, 1.82) is 0 Å². The first-order valence-corrected chi connectivity index (χ1v) is 6.99. The molecule has 3 unspecified atom stereocenters. The van der Waals surface area contributed by atoms with E-state index < -0.39 is 0 Å². The number of likely N-dealkylation sites (N-methyl/N-ethyl adjacent to an activating group) is 1. The van der Waals surface area contributed by atoms with Crippen molar-refractivity contribution in [1.82, 2.24) is 4.90 Å². The van der Waals surface area contributed by atoms with Crippen LogP contribution in [0.25, 0.3) is 0 Å². The molecule has 1 aromatic carbocycles. The Bertz CT molecular complexity index is 413. The minimum absolute atomic E-state index is 0.0712. The molecule has 0 radical (unpaired) electrons. The molecular formula is C15H23FN2O. The summed E-state index contributed by atoms with van der Waals surface area (Å²) >= 11 is 0. The molecule has 3 N–H and O–H groups in total. The SMILES string of the molecule is CN(C(CN)c1ccccc1F)C1CCCCC1O. The van der Waals surface area contributed by atoms with E-state index in [1.54, 1.807) is 12.1 Å². The summed E-state index contributed by atoms with van der Waals surface area (Å²) in [6, 6.07) is 6.64. The van der Waals surface area contributed by atoms with E-state index in [1.165, 1.54) is 6.07 Å². The van der Waals surface area contributed by atoms with Crippen LogP contribution in [-0.2, 0) is 0 Å². The molecule has 0 saturated heterocycles. The standard InChI is InChI=1S/C15H23FN2O/c1-18(13-8-4-5-9-15(13)19)14(10-17)11-6-2-3-7-12(11)16/h2-3,6-7,13-15,19H,4-5,8-10,17H2,1H3. The molecule has 1 aliphatic carbocycles. The van der Waals surface area contributed by atoms with Crippen LogP contribution in [0, 0.1) is 5.82 Å². The third-order valence-electron chi connectivity index (χ3n) is 4.20. The van der Waals surface area contributed by atoms with Crippen LogP contribution < -0.4 is 5.73 Å². The molecule has 19 heavy (non-hydrogen) atoms. The van der Waals surface area contributed by atoms with E-state index in [0.29, 0.717) is 12.1 Å². The molecule has 4 heteroatoms. The molecule has 0 spiro atoms. The highest BCUT2D eigenvalue weighted by molar-refractivity contribution is 5.22. The lowest BCUT2D eigenvalue weighted by Gasteiger charge is -2.39. The lowest BCUT2D eigenvalue weighted by molar-refractivity contribution is 0.0131. The Morgan fingerprint density at radius 1 is 1.37 bits per heavy atom. The van der Waals surface area contributed by atoms with E-state index in [2.05, 4.69) is 0 Å². The minimum atomic E-state index is -0.334. The van der Waals surface area contributed by atoms with E-state index in [9.17, 15) is 9.50 Å². The lowest BCUT2D eigenvalue weighted by Crippen LogP contribution is -2.47.